The Morgan fingerprint density at radius 2 is 2.03 bits per heavy atom. The van der Waals surface area contributed by atoms with E-state index in [1.54, 1.807) is 6.33 Å². The molecule has 30 heavy (non-hydrogen) atoms. The third kappa shape index (κ3) is 3.62. The summed E-state index contributed by atoms with van der Waals surface area (Å²) in [5.74, 6) is 2.49. The van der Waals surface area contributed by atoms with Gasteiger partial charge in [-0.3, -0.25) is 4.79 Å². The van der Waals surface area contributed by atoms with Crippen LogP contribution in [0.3, 0.4) is 0 Å². The van der Waals surface area contributed by atoms with Crippen LogP contribution in [0, 0.1) is 12.8 Å². The molecule has 1 fully saturated rings. The number of nitrogens with zero attached hydrogens (tertiary/aromatic N) is 6. The number of hydrogen-bond donors (Lipinski definition) is 1. The SMILES string of the molecule is Cc1cccc(NC(=O)[C@H]2CCCN(c3ncnc4c3nc3n4CCCCC3)C2)n1. The minimum Gasteiger partial charge on any atom is -0.354 e. The van der Waals surface area contributed by atoms with E-state index in [2.05, 4.69) is 29.7 Å². The number of carbonyl (C=O) groups excluding carboxylic acids is 1. The van der Waals surface area contributed by atoms with Crippen LogP contribution in [0.2, 0.25) is 0 Å². The smallest absolute Gasteiger partial charge is 0.230 e. The Balaban J connectivity index is 1.38. The summed E-state index contributed by atoms with van der Waals surface area (Å²) < 4.78 is 2.26. The molecule has 0 aliphatic carbocycles. The summed E-state index contributed by atoms with van der Waals surface area (Å²) >= 11 is 0. The van der Waals surface area contributed by atoms with Gasteiger partial charge in [0.25, 0.3) is 0 Å². The Labute approximate surface area is 175 Å². The molecule has 3 aromatic rings. The summed E-state index contributed by atoms with van der Waals surface area (Å²) in [5.41, 5.74) is 2.68. The molecular weight excluding hydrogens is 378 g/mol. The van der Waals surface area contributed by atoms with Gasteiger partial charge in [0.1, 0.15) is 18.0 Å². The highest BCUT2D eigenvalue weighted by molar-refractivity contribution is 5.92. The molecule has 1 atom stereocenters. The maximum absolute atomic E-state index is 12.9. The molecule has 3 aromatic heterocycles. The van der Waals surface area contributed by atoms with Crippen molar-refractivity contribution in [3.63, 3.8) is 0 Å². The van der Waals surface area contributed by atoms with E-state index >= 15 is 0 Å². The lowest BCUT2D eigenvalue weighted by molar-refractivity contribution is -0.120. The van der Waals surface area contributed by atoms with Gasteiger partial charge in [-0.05, 0) is 44.7 Å². The molecule has 2 aliphatic heterocycles. The Bertz CT molecular complexity index is 1080. The van der Waals surface area contributed by atoms with E-state index in [-0.39, 0.29) is 11.8 Å². The van der Waals surface area contributed by atoms with E-state index in [4.69, 9.17) is 4.98 Å². The first kappa shape index (κ1) is 19.0. The van der Waals surface area contributed by atoms with Crippen LogP contribution in [-0.2, 0) is 17.8 Å². The van der Waals surface area contributed by atoms with Gasteiger partial charge >= 0.3 is 0 Å². The normalized spacial score (nSPS) is 19.4. The lowest BCUT2D eigenvalue weighted by atomic mass is 9.97. The zero-order valence-electron chi connectivity index (χ0n) is 17.3. The molecule has 5 rings (SSSR count). The van der Waals surface area contributed by atoms with Gasteiger partial charge in [0.05, 0.1) is 5.92 Å². The first-order valence-electron chi connectivity index (χ1n) is 10.9. The summed E-state index contributed by atoms with van der Waals surface area (Å²) in [7, 11) is 0. The van der Waals surface area contributed by atoms with Crippen molar-refractivity contribution in [2.24, 2.45) is 5.92 Å². The van der Waals surface area contributed by atoms with Crippen LogP contribution < -0.4 is 10.2 Å². The summed E-state index contributed by atoms with van der Waals surface area (Å²) in [4.78, 5) is 33.5. The zero-order valence-corrected chi connectivity index (χ0v) is 17.3. The van der Waals surface area contributed by atoms with Gasteiger partial charge in [0, 0.05) is 31.7 Å². The van der Waals surface area contributed by atoms with E-state index in [1.807, 2.05) is 25.1 Å². The first-order chi connectivity index (χ1) is 14.7. The molecule has 8 heteroatoms. The number of aromatic nitrogens is 5. The molecule has 0 spiro atoms. The zero-order chi connectivity index (χ0) is 20.5. The molecule has 8 nitrogen and oxygen atoms in total. The molecule has 156 valence electrons. The summed E-state index contributed by atoms with van der Waals surface area (Å²) in [6.07, 6.45) is 8.01. The maximum atomic E-state index is 12.9. The molecule has 1 amide bonds. The minimum atomic E-state index is -0.105. The van der Waals surface area contributed by atoms with E-state index in [1.165, 1.54) is 12.8 Å². The molecule has 1 saturated heterocycles. The Kier molecular flexibility index (Phi) is 5.06. The number of pyridine rings is 1. The molecule has 1 N–H and O–H groups in total. The van der Waals surface area contributed by atoms with Crippen molar-refractivity contribution in [3.8, 4) is 0 Å². The number of fused-ring (bicyclic) bond motifs is 3. The first-order valence-corrected chi connectivity index (χ1v) is 10.9. The molecule has 5 heterocycles. The number of nitrogens with one attached hydrogen (secondary N) is 1. The quantitative estimate of drug-likeness (QED) is 0.720. The monoisotopic (exact) mass is 405 g/mol. The van der Waals surface area contributed by atoms with Crippen molar-refractivity contribution in [1.82, 2.24) is 24.5 Å². The van der Waals surface area contributed by atoms with Gasteiger partial charge in [-0.25, -0.2) is 19.9 Å². The van der Waals surface area contributed by atoms with Crippen molar-refractivity contribution in [3.05, 3.63) is 36.0 Å². The van der Waals surface area contributed by atoms with Gasteiger partial charge in [-0.1, -0.05) is 12.5 Å². The van der Waals surface area contributed by atoms with Gasteiger partial charge in [-0.2, -0.15) is 0 Å². The van der Waals surface area contributed by atoms with Crippen LogP contribution in [-0.4, -0.2) is 43.5 Å². The molecule has 0 bridgehead atoms. The fraction of sp³-hybridized carbons (Fsp3) is 0.500. The molecule has 0 unspecified atom stereocenters. The fourth-order valence-corrected chi connectivity index (χ4v) is 4.58. The number of amides is 1. The van der Waals surface area contributed by atoms with Crippen molar-refractivity contribution < 1.29 is 4.79 Å². The maximum Gasteiger partial charge on any atom is 0.230 e. The molecule has 0 saturated carbocycles. The molecule has 2 aliphatic rings. The number of carbonyl (C=O) groups is 1. The standard InChI is InChI=1S/C22H27N7O/c1-15-7-5-9-17(25-15)26-22(30)16-8-6-11-28(13-16)20-19-21(24-14-23-20)29-12-4-2-3-10-18(29)27-19/h5,7,9,14,16H,2-4,6,8,10-13H2,1H3,(H,25,26,30)/t16-/m0/s1. The van der Waals surface area contributed by atoms with Gasteiger partial charge in [0.2, 0.25) is 5.91 Å². The van der Waals surface area contributed by atoms with Gasteiger partial charge in [-0.15, -0.1) is 0 Å². The van der Waals surface area contributed by atoms with Crippen LogP contribution in [0.15, 0.2) is 24.5 Å². The van der Waals surface area contributed by atoms with E-state index in [9.17, 15) is 4.79 Å². The highest BCUT2D eigenvalue weighted by Crippen LogP contribution is 2.29. The fourth-order valence-electron chi connectivity index (χ4n) is 4.58. The van der Waals surface area contributed by atoms with E-state index in [0.29, 0.717) is 12.4 Å². The third-order valence-corrected chi connectivity index (χ3v) is 6.11. The van der Waals surface area contributed by atoms with Gasteiger partial charge in [0.15, 0.2) is 17.0 Å². The number of imidazole rings is 1. The number of rotatable bonds is 3. The minimum absolute atomic E-state index is 0.0173. The van der Waals surface area contributed by atoms with Crippen LogP contribution in [0.5, 0.6) is 0 Å². The van der Waals surface area contributed by atoms with E-state index < -0.39 is 0 Å². The average molecular weight is 406 g/mol. The summed E-state index contributed by atoms with van der Waals surface area (Å²) in [5, 5.41) is 2.98. The number of piperidine rings is 1. The second-order valence-corrected chi connectivity index (χ2v) is 8.30. The summed E-state index contributed by atoms with van der Waals surface area (Å²) in [6, 6.07) is 5.66. The highest BCUT2D eigenvalue weighted by atomic mass is 16.2. The second kappa shape index (κ2) is 8.01. The Hall–Kier alpha value is -3.03. The predicted molar refractivity (Wildman–Crippen MR) is 115 cm³/mol. The lowest BCUT2D eigenvalue weighted by Crippen LogP contribution is -2.41. The lowest BCUT2D eigenvalue weighted by Gasteiger charge is -2.32. The van der Waals surface area contributed by atoms with Crippen LogP contribution >= 0.6 is 0 Å². The average Bonchev–Trinajstić information content (AvgIpc) is 2.95. The predicted octanol–water partition coefficient (Wildman–Crippen LogP) is 3.11. The number of anilines is 2. The Morgan fingerprint density at radius 3 is 2.93 bits per heavy atom. The highest BCUT2D eigenvalue weighted by Gasteiger charge is 2.29. The Morgan fingerprint density at radius 1 is 1.10 bits per heavy atom. The van der Waals surface area contributed by atoms with Crippen molar-refractivity contribution in [1.29, 1.82) is 0 Å². The molecule has 0 radical (unpaired) electrons. The van der Waals surface area contributed by atoms with E-state index in [0.717, 1.165) is 67.3 Å². The second-order valence-electron chi connectivity index (χ2n) is 8.30. The van der Waals surface area contributed by atoms with Gasteiger partial charge < -0.3 is 14.8 Å². The largest absolute Gasteiger partial charge is 0.354 e. The van der Waals surface area contributed by atoms with Crippen LogP contribution in [0.1, 0.15) is 43.6 Å². The van der Waals surface area contributed by atoms with Crippen molar-refractivity contribution in [2.45, 2.75) is 52.0 Å². The number of hydrogen-bond acceptors (Lipinski definition) is 6. The summed E-state index contributed by atoms with van der Waals surface area (Å²) in [6.45, 7) is 4.40. The third-order valence-electron chi connectivity index (χ3n) is 6.11. The molecule has 0 aromatic carbocycles. The van der Waals surface area contributed by atoms with Crippen molar-refractivity contribution >= 4 is 28.7 Å². The molecular formula is C22H27N7O. The van der Waals surface area contributed by atoms with Crippen LogP contribution in [0.4, 0.5) is 11.6 Å². The van der Waals surface area contributed by atoms with Crippen molar-refractivity contribution in [2.75, 3.05) is 23.3 Å². The van der Waals surface area contributed by atoms with Crippen LogP contribution in [0.25, 0.3) is 11.2 Å². The number of aryl methyl sites for hydroxylation is 3. The topological polar surface area (TPSA) is 88.8 Å².